The summed E-state index contributed by atoms with van der Waals surface area (Å²) in [5.74, 6) is -0.0350. The standard InChI is InChI=1S/C25H32N4O/c1-4-5-14-29-23-9-7-6-8-22(23)19(2)24(29)25(30)26-20-10-12-21(13-11-20)28-17-15-27(3)16-18-28/h6-13H,4-5,14-18H2,1-3H3,(H,26,30). The second-order valence-electron chi connectivity index (χ2n) is 8.29. The second-order valence-corrected chi connectivity index (χ2v) is 8.29. The lowest BCUT2D eigenvalue weighted by molar-refractivity contribution is 0.101. The number of piperazine rings is 1. The number of aryl methyl sites for hydroxylation is 2. The highest BCUT2D eigenvalue weighted by molar-refractivity contribution is 6.08. The van der Waals surface area contributed by atoms with Crippen LogP contribution in [0.25, 0.3) is 10.9 Å². The predicted octanol–water partition coefficient (Wildman–Crippen LogP) is 4.75. The lowest BCUT2D eigenvalue weighted by Gasteiger charge is -2.34. The number of para-hydroxylation sites is 1. The molecule has 0 spiro atoms. The number of aromatic nitrogens is 1. The molecular formula is C25H32N4O. The molecule has 0 atom stereocenters. The Bertz CT molecular complexity index is 1010. The van der Waals surface area contributed by atoms with Gasteiger partial charge in [0.15, 0.2) is 0 Å². The van der Waals surface area contributed by atoms with Gasteiger partial charge in [-0.2, -0.15) is 0 Å². The Balaban J connectivity index is 1.55. The van der Waals surface area contributed by atoms with Gasteiger partial charge in [0.05, 0.1) is 0 Å². The largest absolute Gasteiger partial charge is 0.369 e. The number of benzene rings is 2. The van der Waals surface area contributed by atoms with Crippen LogP contribution in [-0.2, 0) is 6.54 Å². The number of carbonyl (C=O) groups is 1. The Hall–Kier alpha value is -2.79. The van der Waals surface area contributed by atoms with Crippen LogP contribution in [0.15, 0.2) is 48.5 Å². The molecule has 0 unspecified atom stereocenters. The van der Waals surface area contributed by atoms with E-state index in [4.69, 9.17) is 0 Å². The molecule has 0 saturated carbocycles. The molecule has 1 amide bonds. The van der Waals surface area contributed by atoms with E-state index < -0.39 is 0 Å². The van der Waals surface area contributed by atoms with Gasteiger partial charge in [0.2, 0.25) is 0 Å². The van der Waals surface area contributed by atoms with E-state index in [9.17, 15) is 4.79 Å². The smallest absolute Gasteiger partial charge is 0.272 e. The Labute approximate surface area is 179 Å². The molecule has 0 bridgehead atoms. The molecule has 1 aliphatic rings. The molecule has 1 aliphatic heterocycles. The van der Waals surface area contributed by atoms with Gasteiger partial charge in [-0.05, 0) is 56.3 Å². The predicted molar refractivity (Wildman–Crippen MR) is 126 cm³/mol. The molecule has 2 heterocycles. The quantitative estimate of drug-likeness (QED) is 0.644. The van der Waals surface area contributed by atoms with Crippen LogP contribution < -0.4 is 10.2 Å². The Kier molecular flexibility index (Phi) is 6.09. The van der Waals surface area contributed by atoms with Gasteiger partial charge >= 0.3 is 0 Å². The molecule has 3 aromatic rings. The summed E-state index contributed by atoms with van der Waals surface area (Å²) in [4.78, 5) is 18.0. The number of likely N-dealkylation sites (N-methyl/N-ethyl adjacent to an activating group) is 1. The van der Waals surface area contributed by atoms with Crippen molar-refractivity contribution in [2.24, 2.45) is 0 Å². The van der Waals surface area contributed by atoms with Crippen molar-refractivity contribution in [1.82, 2.24) is 9.47 Å². The normalized spacial score (nSPS) is 15.0. The van der Waals surface area contributed by atoms with E-state index in [0.717, 1.165) is 73.4 Å². The number of unbranched alkanes of at least 4 members (excludes halogenated alkanes) is 1. The number of hydrogen-bond acceptors (Lipinski definition) is 3. The maximum absolute atomic E-state index is 13.3. The number of nitrogens with one attached hydrogen (secondary N) is 1. The SMILES string of the molecule is CCCCn1c(C(=O)Nc2ccc(N3CCN(C)CC3)cc2)c(C)c2ccccc21. The van der Waals surface area contributed by atoms with Crippen molar-refractivity contribution in [3.63, 3.8) is 0 Å². The molecule has 5 nitrogen and oxygen atoms in total. The van der Waals surface area contributed by atoms with Crippen molar-refractivity contribution < 1.29 is 4.79 Å². The molecule has 5 heteroatoms. The highest BCUT2D eigenvalue weighted by Gasteiger charge is 2.20. The number of nitrogens with zero attached hydrogens (tertiary/aromatic N) is 3. The summed E-state index contributed by atoms with van der Waals surface area (Å²) in [7, 11) is 2.16. The number of fused-ring (bicyclic) bond motifs is 1. The van der Waals surface area contributed by atoms with E-state index in [1.165, 1.54) is 5.69 Å². The summed E-state index contributed by atoms with van der Waals surface area (Å²) in [6.07, 6.45) is 2.15. The number of anilines is 2. The minimum atomic E-state index is -0.0350. The number of hydrogen-bond donors (Lipinski definition) is 1. The van der Waals surface area contributed by atoms with Gasteiger partial charge < -0.3 is 19.7 Å². The number of amides is 1. The third-order valence-corrected chi connectivity index (χ3v) is 6.17. The Morgan fingerprint density at radius 3 is 2.40 bits per heavy atom. The van der Waals surface area contributed by atoms with Crippen LogP contribution in [0.3, 0.4) is 0 Å². The van der Waals surface area contributed by atoms with Crippen molar-refractivity contribution >= 4 is 28.2 Å². The molecule has 158 valence electrons. The topological polar surface area (TPSA) is 40.5 Å². The van der Waals surface area contributed by atoms with Gasteiger partial charge in [0.25, 0.3) is 5.91 Å². The van der Waals surface area contributed by atoms with Crippen LogP contribution >= 0.6 is 0 Å². The Morgan fingerprint density at radius 1 is 1.00 bits per heavy atom. The fourth-order valence-corrected chi connectivity index (χ4v) is 4.33. The molecule has 1 N–H and O–H groups in total. The van der Waals surface area contributed by atoms with Crippen molar-refractivity contribution in [3.8, 4) is 0 Å². The van der Waals surface area contributed by atoms with Crippen LogP contribution in [0, 0.1) is 6.92 Å². The molecule has 2 aromatic carbocycles. The van der Waals surface area contributed by atoms with Gasteiger partial charge in [-0.3, -0.25) is 4.79 Å². The van der Waals surface area contributed by atoms with Crippen LogP contribution in [-0.4, -0.2) is 48.6 Å². The highest BCUT2D eigenvalue weighted by atomic mass is 16.2. The lowest BCUT2D eigenvalue weighted by atomic mass is 10.1. The van der Waals surface area contributed by atoms with E-state index in [-0.39, 0.29) is 5.91 Å². The molecule has 1 fully saturated rings. The lowest BCUT2D eigenvalue weighted by Crippen LogP contribution is -2.44. The van der Waals surface area contributed by atoms with E-state index in [1.54, 1.807) is 0 Å². The van der Waals surface area contributed by atoms with Crippen LogP contribution in [0.5, 0.6) is 0 Å². The summed E-state index contributed by atoms with van der Waals surface area (Å²) >= 11 is 0. The fraction of sp³-hybridized carbons (Fsp3) is 0.400. The zero-order valence-corrected chi connectivity index (χ0v) is 18.3. The average molecular weight is 405 g/mol. The van der Waals surface area contributed by atoms with Crippen LogP contribution in [0.2, 0.25) is 0 Å². The first-order valence-corrected chi connectivity index (χ1v) is 11.0. The van der Waals surface area contributed by atoms with Crippen molar-refractivity contribution in [3.05, 3.63) is 59.8 Å². The molecule has 1 saturated heterocycles. The maximum Gasteiger partial charge on any atom is 0.272 e. The minimum absolute atomic E-state index is 0.0350. The minimum Gasteiger partial charge on any atom is -0.369 e. The van der Waals surface area contributed by atoms with Gasteiger partial charge in [0, 0.05) is 55.0 Å². The van der Waals surface area contributed by atoms with E-state index in [2.05, 4.69) is 64.8 Å². The van der Waals surface area contributed by atoms with Crippen molar-refractivity contribution in [2.45, 2.75) is 33.2 Å². The van der Waals surface area contributed by atoms with E-state index >= 15 is 0 Å². The molecule has 30 heavy (non-hydrogen) atoms. The average Bonchev–Trinajstić information content (AvgIpc) is 3.05. The number of rotatable bonds is 6. The summed E-state index contributed by atoms with van der Waals surface area (Å²) in [6.45, 7) is 9.34. The zero-order valence-electron chi connectivity index (χ0n) is 18.3. The van der Waals surface area contributed by atoms with E-state index in [1.807, 2.05) is 24.3 Å². The van der Waals surface area contributed by atoms with E-state index in [0.29, 0.717) is 0 Å². The fourth-order valence-electron chi connectivity index (χ4n) is 4.33. The molecule has 1 aromatic heterocycles. The molecule has 4 rings (SSSR count). The van der Waals surface area contributed by atoms with Gasteiger partial charge in [-0.1, -0.05) is 31.5 Å². The van der Waals surface area contributed by atoms with Crippen LogP contribution in [0.4, 0.5) is 11.4 Å². The first kappa shape index (κ1) is 20.5. The van der Waals surface area contributed by atoms with Gasteiger partial charge in [-0.15, -0.1) is 0 Å². The molecule has 0 aliphatic carbocycles. The molecule has 0 radical (unpaired) electrons. The highest BCUT2D eigenvalue weighted by Crippen LogP contribution is 2.27. The van der Waals surface area contributed by atoms with Gasteiger partial charge in [0.1, 0.15) is 5.69 Å². The Morgan fingerprint density at radius 2 is 1.70 bits per heavy atom. The zero-order chi connectivity index (χ0) is 21.1. The van der Waals surface area contributed by atoms with Gasteiger partial charge in [-0.25, -0.2) is 0 Å². The first-order chi connectivity index (χ1) is 14.6. The second kappa shape index (κ2) is 8.92. The summed E-state index contributed by atoms with van der Waals surface area (Å²) in [6, 6.07) is 16.6. The summed E-state index contributed by atoms with van der Waals surface area (Å²) in [5.41, 5.74) is 5.01. The number of carbonyl (C=O) groups excluding carboxylic acids is 1. The van der Waals surface area contributed by atoms with Crippen molar-refractivity contribution in [2.75, 3.05) is 43.4 Å². The van der Waals surface area contributed by atoms with Crippen LogP contribution in [0.1, 0.15) is 35.8 Å². The summed E-state index contributed by atoms with van der Waals surface area (Å²) in [5, 5.41) is 4.28. The monoisotopic (exact) mass is 404 g/mol. The molecular weight excluding hydrogens is 372 g/mol. The summed E-state index contributed by atoms with van der Waals surface area (Å²) < 4.78 is 2.18. The first-order valence-electron chi connectivity index (χ1n) is 11.0. The third kappa shape index (κ3) is 4.08. The third-order valence-electron chi connectivity index (χ3n) is 6.17. The maximum atomic E-state index is 13.3. The van der Waals surface area contributed by atoms with Crippen molar-refractivity contribution in [1.29, 1.82) is 0 Å².